The second-order valence-electron chi connectivity index (χ2n) is 2.99. The molecule has 0 amide bonds. The molecule has 2 unspecified atom stereocenters. The van der Waals surface area contributed by atoms with E-state index < -0.39 is 5.97 Å². The van der Waals surface area contributed by atoms with Crippen molar-refractivity contribution in [2.45, 2.75) is 19.1 Å². The summed E-state index contributed by atoms with van der Waals surface area (Å²) in [5, 5.41) is 9.00. The summed E-state index contributed by atoms with van der Waals surface area (Å²) in [5.41, 5.74) is 0. The van der Waals surface area contributed by atoms with Gasteiger partial charge in [0.25, 0.3) is 0 Å². The number of carboxylic acid groups (broad SMARTS) is 1. The Hall–Kier alpha value is -0.180. The maximum atomic E-state index is 10.5. The molecular formula is C7H12O2S. The van der Waals surface area contributed by atoms with Crippen LogP contribution in [0.3, 0.4) is 0 Å². The monoisotopic (exact) mass is 160 g/mol. The fourth-order valence-electron chi connectivity index (χ4n) is 1.17. The Balaban J connectivity index is 2.43. The van der Waals surface area contributed by atoms with Crippen molar-refractivity contribution >= 4 is 17.7 Å². The molecule has 0 aliphatic carbocycles. The van der Waals surface area contributed by atoms with Gasteiger partial charge >= 0.3 is 5.97 Å². The first-order valence-electron chi connectivity index (χ1n) is 3.47. The zero-order valence-electron chi connectivity index (χ0n) is 6.20. The highest BCUT2D eigenvalue weighted by Crippen LogP contribution is 2.39. The minimum atomic E-state index is -0.627. The number of thioether (sulfide) groups is 1. The van der Waals surface area contributed by atoms with Crippen molar-refractivity contribution < 1.29 is 9.90 Å². The number of hydrogen-bond acceptors (Lipinski definition) is 2. The molecule has 0 aromatic rings. The molecule has 58 valence electrons. The van der Waals surface area contributed by atoms with Gasteiger partial charge in [-0.15, -0.1) is 0 Å². The number of hydrogen-bond donors (Lipinski definition) is 1. The maximum absolute atomic E-state index is 10.5. The van der Waals surface area contributed by atoms with Gasteiger partial charge in [0.05, 0.1) is 5.92 Å². The summed E-state index contributed by atoms with van der Waals surface area (Å²) >= 11 is 1.77. The molecule has 3 heteroatoms. The van der Waals surface area contributed by atoms with Crippen LogP contribution in [0.1, 0.15) is 13.8 Å². The van der Waals surface area contributed by atoms with Gasteiger partial charge in [0.15, 0.2) is 0 Å². The first-order valence-corrected chi connectivity index (χ1v) is 4.52. The van der Waals surface area contributed by atoms with Gasteiger partial charge in [0, 0.05) is 11.0 Å². The van der Waals surface area contributed by atoms with E-state index in [9.17, 15) is 4.79 Å². The fourth-order valence-corrected chi connectivity index (χ4v) is 2.42. The summed E-state index contributed by atoms with van der Waals surface area (Å²) in [6, 6.07) is 0. The van der Waals surface area contributed by atoms with Crippen molar-refractivity contribution in [3.63, 3.8) is 0 Å². The van der Waals surface area contributed by atoms with Crippen molar-refractivity contribution in [2.75, 3.05) is 5.75 Å². The Kier molecular flexibility index (Phi) is 2.24. The summed E-state index contributed by atoms with van der Waals surface area (Å²) in [5.74, 6) is 0.598. The second kappa shape index (κ2) is 2.82. The molecular weight excluding hydrogens is 148 g/mol. The lowest BCUT2D eigenvalue weighted by Gasteiger charge is -2.35. The van der Waals surface area contributed by atoms with Crippen LogP contribution in [0, 0.1) is 11.8 Å². The van der Waals surface area contributed by atoms with E-state index in [1.165, 1.54) is 0 Å². The van der Waals surface area contributed by atoms with Crippen LogP contribution in [0.25, 0.3) is 0 Å². The number of carbonyl (C=O) groups is 1. The van der Waals surface area contributed by atoms with Gasteiger partial charge in [-0.25, -0.2) is 0 Å². The van der Waals surface area contributed by atoms with Gasteiger partial charge in [-0.2, -0.15) is 11.8 Å². The third-order valence-corrected chi connectivity index (χ3v) is 3.65. The maximum Gasteiger partial charge on any atom is 0.308 e. The van der Waals surface area contributed by atoms with Crippen molar-refractivity contribution in [1.82, 2.24) is 0 Å². The molecule has 1 heterocycles. The van der Waals surface area contributed by atoms with E-state index in [1.54, 1.807) is 11.8 Å². The standard InChI is InChI=1S/C7H12O2S/c1-4(2)6-5(3-10-6)7(8)9/h4-6H,3H2,1-2H3,(H,8,9). The Bertz CT molecular complexity index is 145. The van der Waals surface area contributed by atoms with Gasteiger partial charge in [0.2, 0.25) is 0 Å². The molecule has 1 aliphatic rings. The molecule has 1 rings (SSSR count). The van der Waals surface area contributed by atoms with E-state index in [2.05, 4.69) is 13.8 Å². The smallest absolute Gasteiger partial charge is 0.308 e. The average Bonchev–Trinajstić information content (AvgIpc) is 1.56. The summed E-state index contributed by atoms with van der Waals surface area (Å²) in [7, 11) is 0. The summed E-state index contributed by atoms with van der Waals surface area (Å²) in [4.78, 5) is 10.5. The topological polar surface area (TPSA) is 37.3 Å². The van der Waals surface area contributed by atoms with Crippen molar-refractivity contribution in [1.29, 1.82) is 0 Å². The van der Waals surface area contributed by atoms with Crippen molar-refractivity contribution in [3.8, 4) is 0 Å². The molecule has 1 saturated heterocycles. The molecule has 0 spiro atoms. The zero-order chi connectivity index (χ0) is 7.72. The van der Waals surface area contributed by atoms with Crippen LogP contribution >= 0.6 is 11.8 Å². The van der Waals surface area contributed by atoms with Crippen LogP contribution in [-0.4, -0.2) is 22.1 Å². The third-order valence-electron chi connectivity index (χ3n) is 1.84. The normalized spacial score (nSPS) is 31.9. The van der Waals surface area contributed by atoms with Gasteiger partial charge in [0.1, 0.15) is 0 Å². The molecule has 1 N–H and O–H groups in total. The quantitative estimate of drug-likeness (QED) is 0.664. The van der Waals surface area contributed by atoms with Crippen LogP contribution in [-0.2, 0) is 4.79 Å². The summed E-state index contributed by atoms with van der Waals surface area (Å²) < 4.78 is 0. The van der Waals surface area contributed by atoms with Crippen LogP contribution < -0.4 is 0 Å². The SMILES string of the molecule is CC(C)C1SCC1C(=O)O. The summed E-state index contributed by atoms with van der Waals surface area (Å²) in [6.45, 7) is 4.15. The molecule has 1 fully saturated rings. The molecule has 0 saturated carbocycles. The van der Waals surface area contributed by atoms with Gasteiger partial charge in [-0.1, -0.05) is 13.8 Å². The van der Waals surface area contributed by atoms with E-state index >= 15 is 0 Å². The zero-order valence-corrected chi connectivity index (χ0v) is 7.02. The van der Waals surface area contributed by atoms with E-state index in [-0.39, 0.29) is 5.92 Å². The third kappa shape index (κ3) is 1.29. The Morgan fingerprint density at radius 1 is 1.70 bits per heavy atom. The van der Waals surface area contributed by atoms with E-state index in [4.69, 9.17) is 5.11 Å². The minimum Gasteiger partial charge on any atom is -0.481 e. The fraction of sp³-hybridized carbons (Fsp3) is 0.857. The first kappa shape index (κ1) is 7.92. The van der Waals surface area contributed by atoms with E-state index in [1.807, 2.05) is 0 Å². The predicted octanol–water partition coefficient (Wildman–Crippen LogP) is 1.46. The van der Waals surface area contributed by atoms with Crippen LogP contribution in [0.4, 0.5) is 0 Å². The molecule has 0 bridgehead atoms. The molecule has 0 aromatic heterocycles. The van der Waals surface area contributed by atoms with E-state index in [0.717, 1.165) is 5.75 Å². The lowest BCUT2D eigenvalue weighted by atomic mass is 9.97. The highest BCUT2D eigenvalue weighted by atomic mass is 32.2. The summed E-state index contributed by atoms with van der Waals surface area (Å²) in [6.07, 6.45) is 0. The van der Waals surface area contributed by atoms with Crippen molar-refractivity contribution in [3.05, 3.63) is 0 Å². The van der Waals surface area contributed by atoms with Gasteiger partial charge in [-0.3, -0.25) is 4.79 Å². The Labute approximate surface area is 65.0 Å². The minimum absolute atomic E-state index is 0.0787. The van der Waals surface area contributed by atoms with Crippen LogP contribution in [0.5, 0.6) is 0 Å². The molecule has 0 aromatic carbocycles. The number of rotatable bonds is 2. The number of carboxylic acids is 1. The highest BCUT2D eigenvalue weighted by molar-refractivity contribution is 8.01. The molecule has 1 aliphatic heterocycles. The van der Waals surface area contributed by atoms with E-state index in [0.29, 0.717) is 11.2 Å². The largest absolute Gasteiger partial charge is 0.481 e. The van der Waals surface area contributed by atoms with Gasteiger partial charge < -0.3 is 5.11 Å². The highest BCUT2D eigenvalue weighted by Gasteiger charge is 2.38. The molecule has 10 heavy (non-hydrogen) atoms. The number of aliphatic carboxylic acids is 1. The van der Waals surface area contributed by atoms with Crippen LogP contribution in [0.2, 0.25) is 0 Å². The Morgan fingerprint density at radius 3 is 2.40 bits per heavy atom. The second-order valence-corrected chi connectivity index (χ2v) is 4.20. The van der Waals surface area contributed by atoms with Crippen molar-refractivity contribution in [2.24, 2.45) is 11.8 Å². The first-order chi connectivity index (χ1) is 4.63. The molecule has 2 nitrogen and oxygen atoms in total. The molecule has 2 atom stereocenters. The average molecular weight is 160 g/mol. The Morgan fingerprint density at radius 2 is 2.30 bits per heavy atom. The van der Waals surface area contributed by atoms with Gasteiger partial charge in [-0.05, 0) is 5.92 Å². The lowest BCUT2D eigenvalue weighted by Crippen LogP contribution is -2.40. The molecule has 0 radical (unpaired) electrons. The predicted molar refractivity (Wildman–Crippen MR) is 42.2 cm³/mol. The van der Waals surface area contributed by atoms with Crippen LogP contribution in [0.15, 0.2) is 0 Å². The lowest BCUT2D eigenvalue weighted by molar-refractivity contribution is -0.141.